The van der Waals surface area contributed by atoms with Gasteiger partial charge in [-0.1, -0.05) is 36.4 Å². The second-order valence-corrected chi connectivity index (χ2v) is 6.52. The van der Waals surface area contributed by atoms with Crippen LogP contribution in [0.1, 0.15) is 15.9 Å². The van der Waals surface area contributed by atoms with Crippen LogP contribution in [-0.4, -0.2) is 6.29 Å². The van der Waals surface area contributed by atoms with Gasteiger partial charge in [-0.05, 0) is 45.6 Å². The second kappa shape index (κ2) is 6.74. The molecule has 0 atom stereocenters. The van der Waals surface area contributed by atoms with Crippen LogP contribution in [0, 0.1) is 0 Å². The third-order valence-corrected chi connectivity index (χ3v) is 4.93. The van der Waals surface area contributed by atoms with E-state index in [1.807, 2.05) is 24.3 Å². The Bertz CT molecular complexity index is 732. The molecule has 0 N–H and O–H groups in total. The molecule has 1 heterocycles. The molecule has 0 radical (unpaired) electrons. The minimum absolute atomic E-state index is 0.729. The van der Waals surface area contributed by atoms with Gasteiger partial charge in [0.05, 0.1) is 0 Å². The third kappa shape index (κ3) is 3.63. The summed E-state index contributed by atoms with van der Waals surface area (Å²) in [6.45, 7) is 0. The van der Waals surface area contributed by atoms with Gasteiger partial charge in [0.1, 0.15) is 6.29 Å². The fourth-order valence-corrected chi connectivity index (χ4v) is 3.69. The van der Waals surface area contributed by atoms with Crippen LogP contribution in [0.4, 0.5) is 0 Å². The highest BCUT2D eigenvalue weighted by Crippen LogP contribution is 2.27. The fraction of sp³-hybridized carbons (Fsp3) is 0.0556. The van der Waals surface area contributed by atoms with Crippen molar-refractivity contribution in [2.75, 3.05) is 0 Å². The van der Waals surface area contributed by atoms with Gasteiger partial charge in [0.15, 0.2) is 0 Å². The summed E-state index contributed by atoms with van der Waals surface area (Å²) in [6, 6.07) is 18.5. The van der Waals surface area contributed by atoms with Gasteiger partial charge in [-0.3, -0.25) is 4.79 Å². The standard InChI is InChI=1S/C18H14OS2/c19-11-14-3-2-6-18(10-14)21-12-15-4-1-5-16(9-15)17-7-8-20-13-17/h1-11,13H,12H2. The largest absolute Gasteiger partial charge is 0.298 e. The summed E-state index contributed by atoms with van der Waals surface area (Å²) in [5.41, 5.74) is 4.55. The first kappa shape index (κ1) is 14.1. The zero-order chi connectivity index (χ0) is 14.5. The Morgan fingerprint density at radius 2 is 1.90 bits per heavy atom. The van der Waals surface area contributed by atoms with Crippen molar-refractivity contribution in [1.29, 1.82) is 0 Å². The average Bonchev–Trinajstić information content (AvgIpc) is 3.08. The van der Waals surface area contributed by atoms with E-state index >= 15 is 0 Å². The summed E-state index contributed by atoms with van der Waals surface area (Å²) in [6.07, 6.45) is 0.890. The van der Waals surface area contributed by atoms with Gasteiger partial charge < -0.3 is 0 Å². The molecule has 3 rings (SSSR count). The minimum Gasteiger partial charge on any atom is -0.298 e. The number of rotatable bonds is 5. The van der Waals surface area contributed by atoms with Crippen LogP contribution in [0.3, 0.4) is 0 Å². The molecule has 0 amide bonds. The molecule has 0 unspecified atom stereocenters. The molecule has 0 aliphatic carbocycles. The van der Waals surface area contributed by atoms with Crippen molar-refractivity contribution in [2.24, 2.45) is 0 Å². The molecule has 0 aliphatic rings. The monoisotopic (exact) mass is 310 g/mol. The van der Waals surface area contributed by atoms with Crippen molar-refractivity contribution in [3.63, 3.8) is 0 Å². The lowest BCUT2D eigenvalue weighted by atomic mass is 10.1. The predicted octanol–water partition coefficient (Wildman–Crippen LogP) is 5.52. The quantitative estimate of drug-likeness (QED) is 0.456. The number of aldehydes is 1. The van der Waals surface area contributed by atoms with Crippen molar-refractivity contribution in [2.45, 2.75) is 10.6 Å². The van der Waals surface area contributed by atoms with E-state index in [0.29, 0.717) is 0 Å². The molecule has 1 aromatic heterocycles. The van der Waals surface area contributed by atoms with E-state index in [9.17, 15) is 4.79 Å². The van der Waals surface area contributed by atoms with Crippen LogP contribution in [0.5, 0.6) is 0 Å². The molecular formula is C18H14OS2. The molecule has 0 saturated carbocycles. The number of thioether (sulfide) groups is 1. The number of thiophene rings is 1. The van der Waals surface area contributed by atoms with Crippen molar-refractivity contribution in [3.05, 3.63) is 76.5 Å². The molecule has 104 valence electrons. The number of carbonyl (C=O) groups is 1. The Morgan fingerprint density at radius 1 is 1.00 bits per heavy atom. The smallest absolute Gasteiger partial charge is 0.150 e. The predicted molar refractivity (Wildman–Crippen MR) is 91.1 cm³/mol. The Labute approximate surface area is 132 Å². The summed E-state index contributed by atoms with van der Waals surface area (Å²) in [7, 11) is 0. The Hall–Kier alpha value is -1.84. The molecule has 0 fully saturated rings. The number of hydrogen-bond acceptors (Lipinski definition) is 3. The van der Waals surface area contributed by atoms with Gasteiger partial charge in [-0.25, -0.2) is 0 Å². The summed E-state index contributed by atoms with van der Waals surface area (Å²) in [4.78, 5) is 11.9. The van der Waals surface area contributed by atoms with Crippen molar-refractivity contribution < 1.29 is 4.79 Å². The average molecular weight is 310 g/mol. The Kier molecular flexibility index (Phi) is 4.53. The molecular weight excluding hydrogens is 296 g/mol. The minimum atomic E-state index is 0.729. The molecule has 3 heteroatoms. The van der Waals surface area contributed by atoms with Gasteiger partial charge in [-0.15, -0.1) is 11.8 Å². The SMILES string of the molecule is O=Cc1cccc(SCc2cccc(-c3ccsc3)c2)c1. The van der Waals surface area contributed by atoms with Gasteiger partial charge >= 0.3 is 0 Å². The molecule has 1 nitrogen and oxygen atoms in total. The number of benzene rings is 2. The summed E-state index contributed by atoms with van der Waals surface area (Å²) < 4.78 is 0. The summed E-state index contributed by atoms with van der Waals surface area (Å²) in [5.74, 6) is 0.903. The summed E-state index contributed by atoms with van der Waals surface area (Å²) >= 11 is 3.47. The molecule has 0 bridgehead atoms. The highest BCUT2D eigenvalue weighted by molar-refractivity contribution is 7.98. The first-order valence-corrected chi connectivity index (χ1v) is 8.57. The molecule has 2 aromatic carbocycles. The van der Waals surface area contributed by atoms with Gasteiger partial charge in [0.25, 0.3) is 0 Å². The highest BCUT2D eigenvalue weighted by atomic mass is 32.2. The fourth-order valence-electron chi connectivity index (χ4n) is 2.11. The maximum absolute atomic E-state index is 10.8. The zero-order valence-corrected chi connectivity index (χ0v) is 13.0. The molecule has 21 heavy (non-hydrogen) atoms. The molecule has 0 saturated heterocycles. The van der Waals surface area contributed by atoms with E-state index < -0.39 is 0 Å². The van der Waals surface area contributed by atoms with Crippen molar-refractivity contribution in [1.82, 2.24) is 0 Å². The Balaban J connectivity index is 1.73. The third-order valence-electron chi connectivity index (χ3n) is 3.18. The number of carbonyl (C=O) groups excluding carboxylic acids is 1. The van der Waals surface area contributed by atoms with E-state index in [1.165, 1.54) is 16.7 Å². The topological polar surface area (TPSA) is 17.1 Å². The van der Waals surface area contributed by atoms with Gasteiger partial charge in [0.2, 0.25) is 0 Å². The van der Waals surface area contributed by atoms with E-state index in [4.69, 9.17) is 0 Å². The highest BCUT2D eigenvalue weighted by Gasteiger charge is 2.01. The van der Waals surface area contributed by atoms with E-state index in [1.54, 1.807) is 23.1 Å². The van der Waals surface area contributed by atoms with Gasteiger partial charge in [-0.2, -0.15) is 11.3 Å². The van der Waals surface area contributed by atoms with Gasteiger partial charge in [0, 0.05) is 16.2 Å². The maximum atomic E-state index is 10.8. The van der Waals surface area contributed by atoms with Crippen LogP contribution >= 0.6 is 23.1 Å². The normalized spacial score (nSPS) is 10.5. The molecule has 0 spiro atoms. The van der Waals surface area contributed by atoms with Crippen LogP contribution < -0.4 is 0 Å². The van der Waals surface area contributed by atoms with Crippen molar-refractivity contribution in [3.8, 4) is 11.1 Å². The van der Waals surface area contributed by atoms with E-state index in [2.05, 4.69) is 41.1 Å². The molecule has 0 aliphatic heterocycles. The summed E-state index contributed by atoms with van der Waals surface area (Å²) in [5, 5.41) is 4.27. The maximum Gasteiger partial charge on any atom is 0.150 e. The Morgan fingerprint density at radius 3 is 2.71 bits per heavy atom. The van der Waals surface area contributed by atoms with Crippen LogP contribution in [0.25, 0.3) is 11.1 Å². The van der Waals surface area contributed by atoms with Crippen molar-refractivity contribution >= 4 is 29.4 Å². The zero-order valence-electron chi connectivity index (χ0n) is 11.4. The van der Waals surface area contributed by atoms with E-state index in [-0.39, 0.29) is 0 Å². The lowest BCUT2D eigenvalue weighted by Gasteiger charge is -2.05. The van der Waals surface area contributed by atoms with E-state index in [0.717, 1.165) is 22.5 Å². The van der Waals surface area contributed by atoms with Crippen LogP contribution in [0.15, 0.2) is 70.3 Å². The lowest BCUT2D eigenvalue weighted by molar-refractivity contribution is 0.112. The van der Waals surface area contributed by atoms with Crippen LogP contribution in [-0.2, 0) is 5.75 Å². The lowest BCUT2D eigenvalue weighted by Crippen LogP contribution is -1.84. The first-order chi connectivity index (χ1) is 10.3. The second-order valence-electron chi connectivity index (χ2n) is 4.69. The first-order valence-electron chi connectivity index (χ1n) is 6.65. The number of hydrogen-bond donors (Lipinski definition) is 0. The van der Waals surface area contributed by atoms with Crippen LogP contribution in [0.2, 0.25) is 0 Å². The molecule has 3 aromatic rings.